The highest BCUT2D eigenvalue weighted by atomic mass is 35.5. The van der Waals surface area contributed by atoms with E-state index in [0.717, 1.165) is 10.9 Å². The van der Waals surface area contributed by atoms with Crippen LogP contribution in [-0.2, 0) is 7.05 Å². The first-order valence-electron chi connectivity index (χ1n) is 6.47. The minimum atomic E-state index is -1.10. The van der Waals surface area contributed by atoms with E-state index in [0.29, 0.717) is 11.1 Å². The summed E-state index contributed by atoms with van der Waals surface area (Å²) in [5, 5.41) is 22.3. The Hall–Kier alpha value is -3.20. The summed E-state index contributed by atoms with van der Waals surface area (Å²) in [6.45, 7) is 0. The SMILES string of the molecule is Cn1ncc2cc(-c3c(C(=O)O)cc(N)nc3Cl)ccc21.O=NO. The molecule has 0 saturated carbocycles. The summed E-state index contributed by atoms with van der Waals surface area (Å²) in [6, 6.07) is 6.77. The van der Waals surface area contributed by atoms with Crippen molar-refractivity contribution in [1.82, 2.24) is 14.8 Å². The number of carbonyl (C=O) groups is 1. The van der Waals surface area contributed by atoms with Crippen LogP contribution in [0.3, 0.4) is 0 Å². The van der Waals surface area contributed by atoms with Gasteiger partial charge in [-0.1, -0.05) is 17.7 Å². The molecule has 24 heavy (non-hydrogen) atoms. The average molecular weight is 350 g/mol. The lowest BCUT2D eigenvalue weighted by molar-refractivity contribution is 0.0697. The first-order chi connectivity index (χ1) is 11.4. The maximum Gasteiger partial charge on any atom is 0.336 e. The Bertz CT molecular complexity index is 925. The molecule has 3 aromatic rings. The third kappa shape index (κ3) is 3.25. The fourth-order valence-corrected chi connectivity index (χ4v) is 2.60. The number of hydrogen-bond acceptors (Lipinski definition) is 6. The Kier molecular flexibility index (Phi) is 4.95. The van der Waals surface area contributed by atoms with Crippen molar-refractivity contribution >= 4 is 34.3 Å². The molecule has 0 atom stereocenters. The fourth-order valence-electron chi connectivity index (χ4n) is 2.30. The van der Waals surface area contributed by atoms with E-state index in [4.69, 9.17) is 27.4 Å². The minimum Gasteiger partial charge on any atom is -0.478 e. The van der Waals surface area contributed by atoms with Crippen LogP contribution in [0, 0.1) is 4.91 Å². The van der Waals surface area contributed by atoms with Crippen molar-refractivity contribution in [3.63, 3.8) is 0 Å². The molecule has 0 aliphatic carbocycles. The molecule has 124 valence electrons. The van der Waals surface area contributed by atoms with Crippen LogP contribution in [0.1, 0.15) is 10.4 Å². The van der Waals surface area contributed by atoms with Crippen LogP contribution in [0.4, 0.5) is 5.82 Å². The van der Waals surface area contributed by atoms with Crippen molar-refractivity contribution in [2.75, 3.05) is 5.73 Å². The Labute approximate surface area is 140 Å². The quantitative estimate of drug-likeness (QED) is 0.366. The number of carboxylic acid groups (broad SMARTS) is 1. The molecule has 0 aliphatic rings. The molecule has 10 heteroatoms. The number of aryl methyl sites for hydroxylation is 1. The van der Waals surface area contributed by atoms with Gasteiger partial charge in [0, 0.05) is 18.0 Å². The van der Waals surface area contributed by atoms with Gasteiger partial charge in [0.25, 0.3) is 0 Å². The van der Waals surface area contributed by atoms with Crippen LogP contribution in [0.5, 0.6) is 0 Å². The van der Waals surface area contributed by atoms with Gasteiger partial charge >= 0.3 is 5.97 Å². The molecule has 2 aromatic heterocycles. The number of pyridine rings is 1. The zero-order valence-corrected chi connectivity index (χ0v) is 13.1. The average Bonchev–Trinajstić information content (AvgIpc) is 2.88. The van der Waals surface area contributed by atoms with Gasteiger partial charge in [0.1, 0.15) is 11.0 Å². The molecule has 0 unspecified atom stereocenters. The molecule has 0 saturated heterocycles. The van der Waals surface area contributed by atoms with Crippen molar-refractivity contribution in [2.24, 2.45) is 12.4 Å². The topological polar surface area (TPSA) is 144 Å². The van der Waals surface area contributed by atoms with Crippen molar-refractivity contribution in [3.05, 3.63) is 46.1 Å². The largest absolute Gasteiger partial charge is 0.478 e. The number of nitrogens with zero attached hydrogens (tertiary/aromatic N) is 4. The van der Waals surface area contributed by atoms with Crippen LogP contribution in [0.2, 0.25) is 5.15 Å². The lowest BCUT2D eigenvalue weighted by Gasteiger charge is -2.09. The summed E-state index contributed by atoms with van der Waals surface area (Å²) in [4.78, 5) is 23.5. The minimum absolute atomic E-state index is 0.0238. The highest BCUT2D eigenvalue weighted by Gasteiger charge is 2.18. The summed E-state index contributed by atoms with van der Waals surface area (Å²) < 4.78 is 1.74. The highest BCUT2D eigenvalue weighted by Crippen LogP contribution is 2.33. The van der Waals surface area contributed by atoms with Gasteiger partial charge in [-0.05, 0) is 23.8 Å². The molecule has 4 N–H and O–H groups in total. The number of hydrogen-bond donors (Lipinski definition) is 3. The van der Waals surface area contributed by atoms with Crippen LogP contribution in [0.25, 0.3) is 22.0 Å². The normalized spacial score (nSPS) is 10.1. The van der Waals surface area contributed by atoms with Crippen LogP contribution in [-0.4, -0.2) is 31.0 Å². The van der Waals surface area contributed by atoms with E-state index in [9.17, 15) is 9.90 Å². The molecule has 0 bridgehead atoms. The Morgan fingerprint density at radius 1 is 1.38 bits per heavy atom. The van der Waals surface area contributed by atoms with E-state index >= 15 is 0 Å². The molecule has 0 radical (unpaired) electrons. The van der Waals surface area contributed by atoms with E-state index in [1.165, 1.54) is 11.4 Å². The number of carboxylic acids is 1. The second-order valence-electron chi connectivity index (χ2n) is 4.69. The molecule has 2 heterocycles. The smallest absolute Gasteiger partial charge is 0.336 e. The summed E-state index contributed by atoms with van der Waals surface area (Å²) >= 11 is 6.09. The van der Waals surface area contributed by atoms with Gasteiger partial charge in [0.2, 0.25) is 0 Å². The maximum atomic E-state index is 11.4. The predicted octanol–water partition coefficient (Wildman–Crippen LogP) is 2.71. The fraction of sp³-hybridized carbons (Fsp3) is 0.0714. The number of fused-ring (bicyclic) bond motifs is 1. The van der Waals surface area contributed by atoms with Crippen molar-refractivity contribution < 1.29 is 15.1 Å². The number of aromatic nitrogens is 3. The second kappa shape index (κ2) is 6.92. The van der Waals surface area contributed by atoms with Gasteiger partial charge in [-0.25, -0.2) is 9.78 Å². The van der Waals surface area contributed by atoms with Gasteiger partial charge in [0.05, 0.1) is 17.3 Å². The van der Waals surface area contributed by atoms with Gasteiger partial charge < -0.3 is 16.0 Å². The summed E-state index contributed by atoms with van der Waals surface area (Å²) in [7, 11) is 1.84. The van der Waals surface area contributed by atoms with Crippen LogP contribution in [0.15, 0.2) is 35.8 Å². The van der Waals surface area contributed by atoms with E-state index in [1.54, 1.807) is 16.9 Å². The number of anilines is 1. The van der Waals surface area contributed by atoms with Crippen molar-refractivity contribution in [2.45, 2.75) is 0 Å². The summed E-state index contributed by atoms with van der Waals surface area (Å²) in [5.74, 6) is -1.03. The maximum absolute atomic E-state index is 11.4. The molecule has 0 aliphatic heterocycles. The van der Waals surface area contributed by atoms with E-state index in [-0.39, 0.29) is 16.5 Å². The highest BCUT2D eigenvalue weighted by molar-refractivity contribution is 6.33. The molecule has 0 fully saturated rings. The standard InChI is InChI=1S/C14H11ClN4O2.HNO2/c1-19-10-3-2-7(4-8(10)6-17-19)12-9(14(20)21)5-11(16)18-13(12)15;2-1-3/h2-6H,1H3,(H2,16,18)(H,20,21);(H,2,3). The Balaban J connectivity index is 0.000000647. The Morgan fingerprint density at radius 3 is 2.67 bits per heavy atom. The number of aromatic carboxylic acids is 1. The zero-order valence-electron chi connectivity index (χ0n) is 12.3. The summed E-state index contributed by atoms with van der Waals surface area (Å²) in [5.41, 5.74) is 7.54. The number of rotatable bonds is 2. The first-order valence-corrected chi connectivity index (χ1v) is 6.85. The van der Waals surface area contributed by atoms with Gasteiger partial charge in [-0.3, -0.25) is 4.68 Å². The molecule has 9 nitrogen and oxygen atoms in total. The van der Waals surface area contributed by atoms with Gasteiger partial charge in [-0.2, -0.15) is 5.10 Å². The molecule has 3 rings (SSSR count). The van der Waals surface area contributed by atoms with Crippen molar-refractivity contribution in [1.29, 1.82) is 0 Å². The number of halogens is 1. The third-order valence-electron chi connectivity index (χ3n) is 3.26. The van der Waals surface area contributed by atoms with Gasteiger partial charge in [-0.15, -0.1) is 4.91 Å². The van der Waals surface area contributed by atoms with E-state index in [1.807, 2.05) is 19.2 Å². The predicted molar refractivity (Wildman–Crippen MR) is 87.9 cm³/mol. The number of nitrogen functional groups attached to an aromatic ring is 1. The molecule has 1 aromatic carbocycles. The zero-order chi connectivity index (χ0) is 17.9. The lowest BCUT2D eigenvalue weighted by atomic mass is 10.0. The lowest BCUT2D eigenvalue weighted by Crippen LogP contribution is -2.04. The van der Waals surface area contributed by atoms with Crippen LogP contribution < -0.4 is 5.73 Å². The number of benzene rings is 1. The second-order valence-corrected chi connectivity index (χ2v) is 5.05. The van der Waals surface area contributed by atoms with E-state index < -0.39 is 5.97 Å². The monoisotopic (exact) mass is 349 g/mol. The Morgan fingerprint density at radius 2 is 2.04 bits per heavy atom. The molecular weight excluding hydrogens is 338 g/mol. The van der Waals surface area contributed by atoms with E-state index in [2.05, 4.69) is 10.1 Å². The van der Waals surface area contributed by atoms with Crippen molar-refractivity contribution in [3.8, 4) is 11.1 Å². The third-order valence-corrected chi connectivity index (χ3v) is 3.53. The van der Waals surface area contributed by atoms with Crippen LogP contribution >= 0.6 is 11.6 Å². The van der Waals surface area contributed by atoms with Gasteiger partial charge in [0.15, 0.2) is 5.34 Å². The first kappa shape index (κ1) is 17.2. The summed E-state index contributed by atoms with van der Waals surface area (Å²) in [6.07, 6.45) is 1.71. The number of nitrogens with two attached hydrogens (primary N) is 1. The molecule has 0 amide bonds. The molecule has 0 spiro atoms. The molecular formula is C14H12ClN5O4.